The van der Waals surface area contributed by atoms with Crippen LogP contribution in [0.15, 0.2) is 53.9 Å². The maximum absolute atomic E-state index is 12.5. The number of anilines is 1. The molecule has 0 fully saturated rings. The van der Waals surface area contributed by atoms with Crippen LogP contribution in [0.2, 0.25) is 15.1 Å². The summed E-state index contributed by atoms with van der Waals surface area (Å²) in [6.07, 6.45) is 1.58. The molecule has 0 saturated carbocycles. The van der Waals surface area contributed by atoms with E-state index < -0.39 is 5.25 Å². The van der Waals surface area contributed by atoms with Crippen molar-refractivity contribution in [1.29, 1.82) is 0 Å². The zero-order chi connectivity index (χ0) is 18.7. The molecule has 1 aromatic heterocycles. The molecule has 1 atom stereocenters. The van der Waals surface area contributed by atoms with Crippen molar-refractivity contribution in [3.8, 4) is 5.69 Å². The van der Waals surface area contributed by atoms with E-state index in [9.17, 15) is 4.79 Å². The van der Waals surface area contributed by atoms with Gasteiger partial charge in [-0.05, 0) is 43.3 Å². The minimum Gasteiger partial charge on any atom is -0.324 e. The maximum atomic E-state index is 12.5. The fraction of sp³-hybridized carbons (Fsp3) is 0.118. The normalized spacial score (nSPS) is 12.0. The summed E-state index contributed by atoms with van der Waals surface area (Å²) in [5.41, 5.74) is 1.28. The molecule has 3 aromatic rings. The lowest BCUT2D eigenvalue weighted by atomic mass is 10.3. The van der Waals surface area contributed by atoms with Gasteiger partial charge < -0.3 is 5.32 Å². The van der Waals surface area contributed by atoms with Crippen molar-refractivity contribution in [3.63, 3.8) is 0 Å². The first kappa shape index (κ1) is 19.0. The van der Waals surface area contributed by atoms with Crippen molar-refractivity contribution in [2.24, 2.45) is 0 Å². The highest BCUT2D eigenvalue weighted by Gasteiger charge is 2.19. The Kier molecular flexibility index (Phi) is 6.09. The number of amides is 1. The van der Waals surface area contributed by atoms with Gasteiger partial charge in [0.05, 0.1) is 21.6 Å². The molecule has 0 saturated heterocycles. The lowest BCUT2D eigenvalue weighted by Gasteiger charge is -2.13. The van der Waals surface area contributed by atoms with Crippen LogP contribution >= 0.6 is 46.6 Å². The fourth-order valence-electron chi connectivity index (χ4n) is 2.15. The maximum Gasteiger partial charge on any atom is 0.237 e. The zero-order valence-electron chi connectivity index (χ0n) is 13.5. The second kappa shape index (κ2) is 8.31. The molecule has 0 bridgehead atoms. The first-order valence-corrected chi connectivity index (χ1v) is 9.54. The van der Waals surface area contributed by atoms with E-state index in [1.54, 1.807) is 48.1 Å². The molecule has 0 radical (unpaired) electrons. The Morgan fingerprint density at radius 2 is 1.92 bits per heavy atom. The Balaban J connectivity index is 1.74. The molecule has 0 aliphatic heterocycles. The number of hydrogen-bond donors (Lipinski definition) is 1. The average Bonchev–Trinajstić information content (AvgIpc) is 3.06. The summed E-state index contributed by atoms with van der Waals surface area (Å²) in [4.78, 5) is 12.5. The van der Waals surface area contributed by atoms with Gasteiger partial charge in [-0.25, -0.2) is 0 Å². The lowest BCUT2D eigenvalue weighted by Crippen LogP contribution is -2.23. The Morgan fingerprint density at radius 1 is 1.15 bits per heavy atom. The van der Waals surface area contributed by atoms with Gasteiger partial charge in [0, 0.05) is 10.0 Å². The minimum absolute atomic E-state index is 0.222. The number of carbonyl (C=O) groups excluding carboxylic acids is 1. The second-order valence-electron chi connectivity index (χ2n) is 5.34. The van der Waals surface area contributed by atoms with Gasteiger partial charge in [0.2, 0.25) is 5.91 Å². The number of nitrogens with zero attached hydrogens (tertiary/aromatic N) is 3. The molecule has 0 aliphatic carbocycles. The third-order valence-electron chi connectivity index (χ3n) is 3.44. The predicted molar refractivity (Wildman–Crippen MR) is 107 cm³/mol. The minimum atomic E-state index is -0.438. The van der Waals surface area contributed by atoms with Gasteiger partial charge in [0.25, 0.3) is 0 Å². The molecule has 1 unspecified atom stereocenters. The Bertz CT molecular complexity index is 947. The number of halogens is 3. The molecule has 9 heteroatoms. The highest BCUT2D eigenvalue weighted by molar-refractivity contribution is 8.00. The first-order chi connectivity index (χ1) is 12.4. The quantitative estimate of drug-likeness (QED) is 0.558. The van der Waals surface area contributed by atoms with Crippen LogP contribution in [0.25, 0.3) is 5.69 Å². The van der Waals surface area contributed by atoms with Crippen molar-refractivity contribution in [2.45, 2.75) is 17.3 Å². The van der Waals surface area contributed by atoms with Crippen molar-refractivity contribution < 1.29 is 4.79 Å². The van der Waals surface area contributed by atoms with E-state index in [1.807, 2.05) is 12.1 Å². The molecule has 1 N–H and O–H groups in total. The van der Waals surface area contributed by atoms with Gasteiger partial charge in [-0.3, -0.25) is 9.36 Å². The molecule has 2 aromatic carbocycles. The van der Waals surface area contributed by atoms with Gasteiger partial charge in [0.1, 0.15) is 6.33 Å². The third-order valence-corrected chi connectivity index (χ3v) is 5.30. The molecular weight excluding hydrogens is 415 g/mol. The van der Waals surface area contributed by atoms with Crippen molar-refractivity contribution in [2.75, 3.05) is 5.32 Å². The van der Waals surface area contributed by atoms with Crippen LogP contribution in [-0.2, 0) is 4.79 Å². The molecule has 5 nitrogen and oxygen atoms in total. The van der Waals surface area contributed by atoms with Crippen molar-refractivity contribution in [3.05, 3.63) is 63.9 Å². The van der Waals surface area contributed by atoms with Crippen molar-refractivity contribution >= 4 is 58.2 Å². The molecule has 3 rings (SSSR count). The summed E-state index contributed by atoms with van der Waals surface area (Å²) in [6.45, 7) is 1.77. The zero-order valence-corrected chi connectivity index (χ0v) is 16.6. The van der Waals surface area contributed by atoms with Crippen molar-refractivity contribution in [1.82, 2.24) is 14.8 Å². The van der Waals surface area contributed by atoms with Gasteiger partial charge in [-0.2, -0.15) is 0 Å². The largest absolute Gasteiger partial charge is 0.324 e. The number of carbonyl (C=O) groups is 1. The van der Waals surface area contributed by atoms with Crippen LogP contribution < -0.4 is 5.32 Å². The summed E-state index contributed by atoms with van der Waals surface area (Å²) >= 11 is 19.4. The topological polar surface area (TPSA) is 59.8 Å². The van der Waals surface area contributed by atoms with E-state index >= 15 is 0 Å². The summed E-state index contributed by atoms with van der Waals surface area (Å²) < 4.78 is 1.77. The predicted octanol–water partition coefficient (Wildman–Crippen LogP) is 5.35. The average molecular weight is 428 g/mol. The number of nitrogens with one attached hydrogen (secondary N) is 1. The van der Waals surface area contributed by atoms with E-state index in [-0.39, 0.29) is 5.91 Å². The van der Waals surface area contributed by atoms with E-state index in [1.165, 1.54) is 11.8 Å². The number of aromatic nitrogens is 3. The van der Waals surface area contributed by atoms with Gasteiger partial charge >= 0.3 is 0 Å². The summed E-state index contributed by atoms with van der Waals surface area (Å²) in [6, 6.07) is 12.2. The molecule has 1 heterocycles. The van der Waals surface area contributed by atoms with E-state index in [2.05, 4.69) is 15.5 Å². The van der Waals surface area contributed by atoms with E-state index in [0.717, 1.165) is 5.69 Å². The first-order valence-electron chi connectivity index (χ1n) is 7.52. The number of hydrogen-bond acceptors (Lipinski definition) is 4. The fourth-order valence-corrected chi connectivity index (χ4v) is 3.51. The smallest absolute Gasteiger partial charge is 0.237 e. The summed E-state index contributed by atoms with van der Waals surface area (Å²) in [5.74, 6) is -0.222. The van der Waals surface area contributed by atoms with Crippen LogP contribution in [0.5, 0.6) is 0 Å². The number of rotatable bonds is 5. The lowest BCUT2D eigenvalue weighted by molar-refractivity contribution is -0.115. The summed E-state index contributed by atoms with van der Waals surface area (Å²) in [7, 11) is 0. The molecular formula is C17H13Cl3N4OS. The van der Waals surface area contributed by atoms with Gasteiger partial charge in [-0.15, -0.1) is 10.2 Å². The molecule has 0 aliphatic rings. The second-order valence-corrected chi connectivity index (χ2v) is 7.92. The Morgan fingerprint density at radius 3 is 2.69 bits per heavy atom. The van der Waals surface area contributed by atoms with Crippen LogP contribution in [0.4, 0.5) is 5.69 Å². The van der Waals surface area contributed by atoms with Crippen LogP contribution in [0.1, 0.15) is 6.92 Å². The van der Waals surface area contributed by atoms with Gasteiger partial charge in [-0.1, -0.05) is 52.6 Å². The summed E-state index contributed by atoms with van der Waals surface area (Å²) in [5, 5.41) is 12.4. The standard InChI is InChI=1S/C17H13Cl3N4OS/c1-10(16(25)22-15-8-12(19)5-6-14(15)20)26-17-23-21-9-24(17)13-4-2-3-11(18)7-13/h2-10H,1H3,(H,22,25). The SMILES string of the molecule is CC(Sc1nncn1-c1cccc(Cl)c1)C(=O)Nc1cc(Cl)ccc1Cl. The molecule has 1 amide bonds. The monoisotopic (exact) mass is 426 g/mol. The van der Waals surface area contributed by atoms with Crippen LogP contribution in [-0.4, -0.2) is 25.9 Å². The van der Waals surface area contributed by atoms with E-state index in [4.69, 9.17) is 34.8 Å². The Labute approximate surface area is 169 Å². The van der Waals surface area contributed by atoms with E-state index in [0.29, 0.717) is 25.9 Å². The third kappa shape index (κ3) is 4.51. The molecule has 26 heavy (non-hydrogen) atoms. The Hall–Kier alpha value is -1.73. The number of thioether (sulfide) groups is 1. The van der Waals surface area contributed by atoms with Crippen LogP contribution in [0, 0.1) is 0 Å². The van der Waals surface area contributed by atoms with Gasteiger partial charge in [0.15, 0.2) is 5.16 Å². The number of benzene rings is 2. The molecule has 0 spiro atoms. The molecule has 134 valence electrons. The van der Waals surface area contributed by atoms with Crippen LogP contribution in [0.3, 0.4) is 0 Å². The highest BCUT2D eigenvalue weighted by atomic mass is 35.5. The highest BCUT2D eigenvalue weighted by Crippen LogP contribution is 2.28.